The Labute approximate surface area is 95.2 Å². The highest BCUT2D eigenvalue weighted by molar-refractivity contribution is 5.89. The SMILES string of the molecule is CCNCc1cccc(N2CCOC2=O)c1. The summed E-state index contributed by atoms with van der Waals surface area (Å²) in [5.41, 5.74) is 2.09. The van der Waals surface area contributed by atoms with Crippen LogP contribution in [0.2, 0.25) is 0 Å². The zero-order valence-corrected chi connectivity index (χ0v) is 9.40. The number of carbonyl (C=O) groups excluding carboxylic acids is 1. The lowest BCUT2D eigenvalue weighted by Gasteiger charge is -2.13. The van der Waals surface area contributed by atoms with Crippen molar-refractivity contribution in [1.29, 1.82) is 0 Å². The van der Waals surface area contributed by atoms with Gasteiger partial charge in [-0.3, -0.25) is 4.90 Å². The molecule has 0 radical (unpaired) electrons. The maximum absolute atomic E-state index is 11.4. The highest BCUT2D eigenvalue weighted by Gasteiger charge is 2.23. The minimum atomic E-state index is -0.249. The standard InChI is InChI=1S/C12H16N2O2/c1-2-13-9-10-4-3-5-11(8-10)14-6-7-16-12(14)15/h3-5,8,13H,2,6-7,9H2,1H3. The van der Waals surface area contributed by atoms with Crippen LogP contribution >= 0.6 is 0 Å². The van der Waals surface area contributed by atoms with Gasteiger partial charge in [-0.2, -0.15) is 0 Å². The van der Waals surface area contributed by atoms with Gasteiger partial charge in [0.2, 0.25) is 0 Å². The van der Waals surface area contributed by atoms with Gasteiger partial charge >= 0.3 is 6.09 Å². The average Bonchev–Trinajstić information content (AvgIpc) is 2.73. The maximum atomic E-state index is 11.4. The fraction of sp³-hybridized carbons (Fsp3) is 0.417. The predicted octanol–water partition coefficient (Wildman–Crippen LogP) is 1.75. The lowest BCUT2D eigenvalue weighted by atomic mass is 10.2. The third-order valence-electron chi connectivity index (χ3n) is 2.56. The molecule has 4 nitrogen and oxygen atoms in total. The molecule has 2 rings (SSSR count). The minimum absolute atomic E-state index is 0.249. The van der Waals surface area contributed by atoms with Crippen molar-refractivity contribution < 1.29 is 9.53 Å². The molecule has 16 heavy (non-hydrogen) atoms. The van der Waals surface area contributed by atoms with Gasteiger partial charge in [-0.15, -0.1) is 0 Å². The van der Waals surface area contributed by atoms with E-state index in [4.69, 9.17) is 4.74 Å². The van der Waals surface area contributed by atoms with Gasteiger partial charge in [-0.05, 0) is 24.2 Å². The molecule has 0 bridgehead atoms. The number of hydrogen-bond acceptors (Lipinski definition) is 3. The number of carbonyl (C=O) groups is 1. The molecule has 0 saturated carbocycles. The Morgan fingerprint density at radius 3 is 3.06 bits per heavy atom. The number of anilines is 1. The summed E-state index contributed by atoms with van der Waals surface area (Å²) in [6.07, 6.45) is -0.249. The molecule has 4 heteroatoms. The second kappa shape index (κ2) is 4.99. The van der Waals surface area contributed by atoms with E-state index in [-0.39, 0.29) is 6.09 Å². The molecule has 1 fully saturated rings. The molecule has 1 saturated heterocycles. The second-order valence-electron chi connectivity index (χ2n) is 3.72. The van der Waals surface area contributed by atoms with Crippen molar-refractivity contribution in [3.05, 3.63) is 29.8 Å². The summed E-state index contributed by atoms with van der Waals surface area (Å²) in [5, 5.41) is 3.26. The van der Waals surface area contributed by atoms with E-state index in [2.05, 4.69) is 12.2 Å². The van der Waals surface area contributed by atoms with Crippen LogP contribution in [-0.4, -0.2) is 25.8 Å². The predicted molar refractivity (Wildman–Crippen MR) is 62.5 cm³/mol. The number of nitrogens with zero attached hydrogens (tertiary/aromatic N) is 1. The van der Waals surface area contributed by atoms with Crippen LogP contribution in [0.4, 0.5) is 10.5 Å². The van der Waals surface area contributed by atoms with E-state index in [9.17, 15) is 4.79 Å². The zero-order chi connectivity index (χ0) is 11.4. The van der Waals surface area contributed by atoms with Crippen molar-refractivity contribution in [1.82, 2.24) is 5.32 Å². The van der Waals surface area contributed by atoms with Crippen LogP contribution in [0.25, 0.3) is 0 Å². The molecule has 1 heterocycles. The zero-order valence-electron chi connectivity index (χ0n) is 9.40. The molecule has 0 unspecified atom stereocenters. The van der Waals surface area contributed by atoms with Gasteiger partial charge in [-0.1, -0.05) is 19.1 Å². The molecule has 0 aromatic heterocycles. The Kier molecular flexibility index (Phi) is 3.41. The van der Waals surface area contributed by atoms with E-state index in [0.29, 0.717) is 13.2 Å². The van der Waals surface area contributed by atoms with E-state index in [1.807, 2.05) is 24.3 Å². The smallest absolute Gasteiger partial charge is 0.414 e. The van der Waals surface area contributed by atoms with Crippen LogP contribution in [0.1, 0.15) is 12.5 Å². The molecule has 1 aromatic rings. The fourth-order valence-corrected chi connectivity index (χ4v) is 1.73. The molecule has 1 aliphatic heterocycles. The molecule has 1 aliphatic rings. The van der Waals surface area contributed by atoms with Crippen molar-refractivity contribution in [3.63, 3.8) is 0 Å². The molecule has 1 amide bonds. The molecule has 0 atom stereocenters. The van der Waals surface area contributed by atoms with E-state index in [0.717, 1.165) is 18.8 Å². The van der Waals surface area contributed by atoms with E-state index in [1.54, 1.807) is 4.90 Å². The van der Waals surface area contributed by atoms with Crippen LogP contribution in [0, 0.1) is 0 Å². The van der Waals surface area contributed by atoms with Gasteiger partial charge in [0.1, 0.15) is 6.61 Å². The Balaban J connectivity index is 2.12. The second-order valence-corrected chi connectivity index (χ2v) is 3.72. The first-order valence-corrected chi connectivity index (χ1v) is 5.55. The first-order valence-electron chi connectivity index (χ1n) is 5.55. The number of cyclic esters (lactones) is 1. The number of rotatable bonds is 4. The van der Waals surface area contributed by atoms with E-state index in [1.165, 1.54) is 5.56 Å². The molecule has 0 aliphatic carbocycles. The third kappa shape index (κ3) is 2.33. The normalized spacial score (nSPS) is 15.3. The minimum Gasteiger partial charge on any atom is -0.447 e. The van der Waals surface area contributed by atoms with Crippen molar-refractivity contribution >= 4 is 11.8 Å². The lowest BCUT2D eigenvalue weighted by Crippen LogP contribution is -2.23. The Bertz CT molecular complexity index is 379. The first-order chi connectivity index (χ1) is 7.81. The number of nitrogens with one attached hydrogen (secondary N) is 1. The average molecular weight is 220 g/mol. The topological polar surface area (TPSA) is 41.6 Å². The maximum Gasteiger partial charge on any atom is 0.414 e. The summed E-state index contributed by atoms with van der Waals surface area (Å²) in [5.74, 6) is 0. The number of amides is 1. The van der Waals surface area contributed by atoms with Crippen LogP contribution in [0.3, 0.4) is 0 Å². The van der Waals surface area contributed by atoms with Gasteiger partial charge < -0.3 is 10.1 Å². The van der Waals surface area contributed by atoms with Crippen molar-refractivity contribution in [3.8, 4) is 0 Å². The monoisotopic (exact) mass is 220 g/mol. The summed E-state index contributed by atoms with van der Waals surface area (Å²) < 4.78 is 4.91. The largest absolute Gasteiger partial charge is 0.447 e. The highest BCUT2D eigenvalue weighted by atomic mass is 16.6. The lowest BCUT2D eigenvalue weighted by molar-refractivity contribution is 0.181. The van der Waals surface area contributed by atoms with Crippen molar-refractivity contribution in [2.75, 3.05) is 24.6 Å². The van der Waals surface area contributed by atoms with Crippen molar-refractivity contribution in [2.45, 2.75) is 13.5 Å². The Hall–Kier alpha value is -1.55. The highest BCUT2D eigenvalue weighted by Crippen LogP contribution is 2.19. The summed E-state index contributed by atoms with van der Waals surface area (Å²) in [7, 11) is 0. The number of ether oxygens (including phenoxy) is 1. The van der Waals surface area contributed by atoms with Gasteiger partial charge in [0.25, 0.3) is 0 Å². The van der Waals surface area contributed by atoms with E-state index < -0.39 is 0 Å². The van der Waals surface area contributed by atoms with Gasteiger partial charge in [0, 0.05) is 12.2 Å². The summed E-state index contributed by atoms with van der Waals surface area (Å²) >= 11 is 0. The van der Waals surface area contributed by atoms with Crippen molar-refractivity contribution in [2.24, 2.45) is 0 Å². The molecule has 86 valence electrons. The number of hydrogen-bond donors (Lipinski definition) is 1. The molecular formula is C12H16N2O2. The Morgan fingerprint density at radius 2 is 2.38 bits per heavy atom. The molecule has 0 spiro atoms. The van der Waals surface area contributed by atoms with Gasteiger partial charge in [0.05, 0.1) is 6.54 Å². The molecule has 1 aromatic carbocycles. The molecular weight excluding hydrogens is 204 g/mol. The Morgan fingerprint density at radius 1 is 1.50 bits per heavy atom. The summed E-state index contributed by atoms with van der Waals surface area (Å²) in [4.78, 5) is 13.1. The van der Waals surface area contributed by atoms with Gasteiger partial charge in [0.15, 0.2) is 0 Å². The summed E-state index contributed by atoms with van der Waals surface area (Å²) in [6.45, 7) is 4.96. The van der Waals surface area contributed by atoms with Crippen LogP contribution in [0.15, 0.2) is 24.3 Å². The van der Waals surface area contributed by atoms with Crippen LogP contribution in [0.5, 0.6) is 0 Å². The van der Waals surface area contributed by atoms with Crippen LogP contribution in [-0.2, 0) is 11.3 Å². The third-order valence-corrected chi connectivity index (χ3v) is 2.56. The van der Waals surface area contributed by atoms with E-state index >= 15 is 0 Å². The van der Waals surface area contributed by atoms with Crippen LogP contribution < -0.4 is 10.2 Å². The molecule has 1 N–H and O–H groups in total. The number of benzene rings is 1. The van der Waals surface area contributed by atoms with Gasteiger partial charge in [-0.25, -0.2) is 4.79 Å². The first kappa shape index (κ1) is 11.0. The summed E-state index contributed by atoms with van der Waals surface area (Å²) in [6, 6.07) is 7.97. The fourth-order valence-electron chi connectivity index (χ4n) is 1.73. The quantitative estimate of drug-likeness (QED) is 0.840.